The van der Waals surface area contributed by atoms with E-state index in [2.05, 4.69) is 18.7 Å². The van der Waals surface area contributed by atoms with Crippen molar-refractivity contribution < 1.29 is 9.53 Å². The Hall–Kier alpha value is -2.23. The molecule has 7 nitrogen and oxygen atoms in total. The topological polar surface area (TPSA) is 67.2 Å². The fourth-order valence-electron chi connectivity index (χ4n) is 3.48. The number of carbonyl (C=O) groups excluding carboxylic acids is 1. The standard InChI is InChI=1S/C22H28N4O3S2/c1-5-9-24(10-6-2)19-16(20(27)26-14-15(3)7-8-18(26)23-19)13-17-21(28)25(11-12-29-4)22(30)31-17/h7-8,13-14H,5-6,9-12H2,1-4H3. The molecular formula is C22H28N4O3S2. The lowest BCUT2D eigenvalue weighted by Crippen LogP contribution is -2.32. The molecule has 0 spiro atoms. The number of amides is 1. The number of nitrogens with zero attached hydrogens (tertiary/aromatic N) is 4. The highest BCUT2D eigenvalue weighted by Gasteiger charge is 2.32. The summed E-state index contributed by atoms with van der Waals surface area (Å²) in [6, 6.07) is 3.79. The number of pyridine rings is 1. The third kappa shape index (κ3) is 4.99. The normalized spacial score (nSPS) is 15.5. The van der Waals surface area contributed by atoms with Gasteiger partial charge in [-0.3, -0.25) is 18.9 Å². The van der Waals surface area contributed by atoms with Crippen molar-refractivity contribution in [2.24, 2.45) is 0 Å². The minimum absolute atomic E-state index is 0.192. The molecule has 0 radical (unpaired) electrons. The first-order valence-corrected chi connectivity index (χ1v) is 11.7. The smallest absolute Gasteiger partial charge is 0.267 e. The highest BCUT2D eigenvalue weighted by atomic mass is 32.2. The van der Waals surface area contributed by atoms with Crippen LogP contribution in [0.3, 0.4) is 0 Å². The van der Waals surface area contributed by atoms with Crippen LogP contribution in [-0.4, -0.2) is 57.9 Å². The number of methoxy groups -OCH3 is 1. The lowest BCUT2D eigenvalue weighted by Gasteiger charge is -2.24. The zero-order valence-electron chi connectivity index (χ0n) is 18.4. The number of ether oxygens (including phenoxy) is 1. The number of carbonyl (C=O) groups is 1. The number of thiocarbonyl (C=S) groups is 1. The zero-order chi connectivity index (χ0) is 22.5. The summed E-state index contributed by atoms with van der Waals surface area (Å²) < 4.78 is 7.10. The molecule has 0 atom stereocenters. The second kappa shape index (κ2) is 10.4. The van der Waals surface area contributed by atoms with Gasteiger partial charge in [-0.05, 0) is 37.5 Å². The number of fused-ring (bicyclic) bond motifs is 1. The lowest BCUT2D eigenvalue weighted by molar-refractivity contribution is -0.122. The maximum Gasteiger partial charge on any atom is 0.267 e. The maximum atomic E-state index is 13.5. The monoisotopic (exact) mass is 460 g/mol. The predicted molar refractivity (Wildman–Crippen MR) is 131 cm³/mol. The first-order chi connectivity index (χ1) is 14.9. The van der Waals surface area contributed by atoms with Crippen molar-refractivity contribution in [3.05, 3.63) is 44.7 Å². The Morgan fingerprint density at radius 2 is 1.94 bits per heavy atom. The second-order valence-electron chi connectivity index (χ2n) is 7.40. The molecular weight excluding hydrogens is 432 g/mol. The predicted octanol–water partition coefficient (Wildman–Crippen LogP) is 3.48. The van der Waals surface area contributed by atoms with Gasteiger partial charge in [0.15, 0.2) is 0 Å². The van der Waals surface area contributed by atoms with E-state index in [1.165, 1.54) is 16.7 Å². The van der Waals surface area contributed by atoms with Crippen LogP contribution in [0.4, 0.5) is 5.82 Å². The van der Waals surface area contributed by atoms with Gasteiger partial charge in [-0.2, -0.15) is 0 Å². The van der Waals surface area contributed by atoms with Gasteiger partial charge in [0, 0.05) is 26.4 Å². The molecule has 31 heavy (non-hydrogen) atoms. The Labute approximate surface area is 192 Å². The van der Waals surface area contributed by atoms with E-state index >= 15 is 0 Å². The molecule has 0 saturated carbocycles. The molecule has 0 aliphatic carbocycles. The SMILES string of the molecule is CCCN(CCC)c1nc2ccc(C)cn2c(=O)c1C=C1SC(=S)N(CCOC)C1=O. The van der Waals surface area contributed by atoms with Crippen molar-refractivity contribution in [3.63, 3.8) is 0 Å². The minimum Gasteiger partial charge on any atom is -0.383 e. The average Bonchev–Trinajstić information content (AvgIpc) is 3.01. The van der Waals surface area contributed by atoms with Crippen LogP contribution in [0.25, 0.3) is 11.7 Å². The molecule has 0 unspecified atom stereocenters. The molecule has 2 aromatic rings. The van der Waals surface area contributed by atoms with Crippen LogP contribution < -0.4 is 10.5 Å². The highest BCUT2D eigenvalue weighted by Crippen LogP contribution is 2.33. The molecule has 1 aliphatic rings. The summed E-state index contributed by atoms with van der Waals surface area (Å²) >= 11 is 6.59. The van der Waals surface area contributed by atoms with Gasteiger partial charge in [-0.25, -0.2) is 4.98 Å². The molecule has 0 N–H and O–H groups in total. The van der Waals surface area contributed by atoms with Gasteiger partial charge in [-0.1, -0.05) is 43.9 Å². The van der Waals surface area contributed by atoms with Crippen molar-refractivity contribution >= 4 is 51.7 Å². The van der Waals surface area contributed by atoms with Gasteiger partial charge in [0.1, 0.15) is 15.8 Å². The van der Waals surface area contributed by atoms with Crippen LogP contribution in [-0.2, 0) is 9.53 Å². The molecule has 2 aromatic heterocycles. The number of aromatic nitrogens is 2. The van der Waals surface area contributed by atoms with Gasteiger partial charge < -0.3 is 9.64 Å². The quantitative estimate of drug-likeness (QED) is 0.419. The Balaban J connectivity index is 2.17. The van der Waals surface area contributed by atoms with Gasteiger partial charge in [0.05, 0.1) is 23.6 Å². The zero-order valence-corrected chi connectivity index (χ0v) is 20.0. The van der Waals surface area contributed by atoms with Crippen molar-refractivity contribution in [2.75, 3.05) is 38.3 Å². The third-order valence-corrected chi connectivity index (χ3v) is 6.32. The number of hydrogen-bond donors (Lipinski definition) is 0. The van der Waals surface area contributed by atoms with Crippen LogP contribution >= 0.6 is 24.0 Å². The summed E-state index contributed by atoms with van der Waals surface area (Å²) in [5.74, 6) is 0.406. The van der Waals surface area contributed by atoms with Crippen molar-refractivity contribution in [3.8, 4) is 0 Å². The highest BCUT2D eigenvalue weighted by molar-refractivity contribution is 8.26. The van der Waals surface area contributed by atoms with Gasteiger partial charge in [0.25, 0.3) is 11.5 Å². The van der Waals surface area contributed by atoms with E-state index in [0.29, 0.717) is 39.4 Å². The van der Waals surface area contributed by atoms with Crippen LogP contribution in [0.2, 0.25) is 0 Å². The Morgan fingerprint density at radius 1 is 1.23 bits per heavy atom. The molecule has 1 aliphatic heterocycles. The summed E-state index contributed by atoms with van der Waals surface area (Å²) in [4.78, 5) is 35.3. The van der Waals surface area contributed by atoms with Crippen LogP contribution in [0.1, 0.15) is 37.8 Å². The summed E-state index contributed by atoms with van der Waals surface area (Å²) in [5, 5.41) is 0. The van der Waals surface area contributed by atoms with Crippen molar-refractivity contribution in [1.29, 1.82) is 0 Å². The number of rotatable bonds is 9. The van der Waals surface area contributed by atoms with E-state index in [1.54, 1.807) is 23.8 Å². The summed E-state index contributed by atoms with van der Waals surface area (Å²) in [7, 11) is 1.58. The van der Waals surface area contributed by atoms with Gasteiger partial charge >= 0.3 is 0 Å². The third-order valence-electron chi connectivity index (χ3n) is 4.94. The van der Waals surface area contributed by atoms with Crippen LogP contribution in [0.5, 0.6) is 0 Å². The molecule has 0 bridgehead atoms. The number of thioether (sulfide) groups is 1. The molecule has 166 valence electrons. The molecule has 3 rings (SSSR count). The van der Waals surface area contributed by atoms with E-state index < -0.39 is 0 Å². The fraction of sp³-hybridized carbons (Fsp3) is 0.455. The largest absolute Gasteiger partial charge is 0.383 e. The molecule has 3 heterocycles. The molecule has 1 fully saturated rings. The van der Waals surface area contributed by atoms with E-state index in [4.69, 9.17) is 21.9 Å². The minimum atomic E-state index is -0.204. The van der Waals surface area contributed by atoms with Gasteiger partial charge in [-0.15, -0.1) is 0 Å². The second-order valence-corrected chi connectivity index (χ2v) is 9.08. The van der Waals surface area contributed by atoms with Crippen molar-refractivity contribution in [2.45, 2.75) is 33.6 Å². The summed E-state index contributed by atoms with van der Waals surface area (Å²) in [6.45, 7) is 8.46. The van der Waals surface area contributed by atoms with E-state index in [-0.39, 0.29) is 11.5 Å². The lowest BCUT2D eigenvalue weighted by atomic mass is 10.2. The van der Waals surface area contributed by atoms with Crippen LogP contribution in [0, 0.1) is 6.92 Å². The molecule has 1 amide bonds. The molecule has 9 heteroatoms. The fourth-order valence-corrected chi connectivity index (χ4v) is 4.77. The maximum absolute atomic E-state index is 13.5. The van der Waals surface area contributed by atoms with E-state index in [1.807, 2.05) is 19.1 Å². The Kier molecular flexibility index (Phi) is 7.85. The average molecular weight is 461 g/mol. The number of aryl methyl sites for hydroxylation is 1. The summed E-state index contributed by atoms with van der Waals surface area (Å²) in [5.41, 5.74) is 1.77. The Morgan fingerprint density at radius 3 is 2.58 bits per heavy atom. The van der Waals surface area contributed by atoms with Gasteiger partial charge in [0.2, 0.25) is 0 Å². The van der Waals surface area contributed by atoms with E-state index in [0.717, 1.165) is 31.5 Å². The molecule has 1 saturated heterocycles. The van der Waals surface area contributed by atoms with Crippen molar-refractivity contribution in [1.82, 2.24) is 14.3 Å². The number of anilines is 1. The first-order valence-electron chi connectivity index (χ1n) is 10.4. The summed E-state index contributed by atoms with van der Waals surface area (Å²) in [6.07, 6.45) is 5.28. The first kappa shape index (κ1) is 23.4. The number of hydrogen-bond acceptors (Lipinski definition) is 7. The van der Waals surface area contributed by atoms with E-state index in [9.17, 15) is 9.59 Å². The van der Waals surface area contributed by atoms with Crippen LogP contribution in [0.15, 0.2) is 28.0 Å². The Bertz CT molecular complexity index is 1070. The molecule has 0 aromatic carbocycles.